The molecule has 3 aliphatic heterocycles. The molecule has 0 spiro atoms. The van der Waals surface area contributed by atoms with Crippen LogP contribution in [0.2, 0.25) is 0 Å². The Bertz CT molecular complexity index is 1180. The summed E-state index contributed by atoms with van der Waals surface area (Å²) in [6.07, 6.45) is 3.99. The molecule has 3 unspecified atom stereocenters. The van der Waals surface area contributed by atoms with E-state index in [1.807, 2.05) is 24.3 Å². The van der Waals surface area contributed by atoms with Crippen molar-refractivity contribution >= 4 is 35.3 Å². The molecular weight excluding hydrogens is 484 g/mol. The monoisotopic (exact) mass is 522 g/mol. The third-order valence-electron chi connectivity index (χ3n) is 7.63. The highest BCUT2D eigenvalue weighted by atomic mass is 16.3. The smallest absolute Gasteiger partial charge is 0.254 e. The third kappa shape index (κ3) is 5.25. The van der Waals surface area contributed by atoms with Crippen molar-refractivity contribution in [3.8, 4) is 0 Å². The molecule has 1 amide bonds. The van der Waals surface area contributed by atoms with Gasteiger partial charge in [0.05, 0.1) is 17.5 Å². The normalized spacial score (nSPS) is 23.6. The summed E-state index contributed by atoms with van der Waals surface area (Å²) in [4.78, 5) is 28.2. The molecule has 4 N–H and O–H groups in total. The van der Waals surface area contributed by atoms with E-state index in [4.69, 9.17) is 9.97 Å². The molecule has 2 saturated heterocycles. The van der Waals surface area contributed by atoms with Gasteiger partial charge in [-0.15, -0.1) is 0 Å². The van der Waals surface area contributed by atoms with Crippen molar-refractivity contribution in [3.05, 3.63) is 35.5 Å². The molecule has 0 radical (unpaired) electrons. The Hall–Kier alpha value is -3.44. The van der Waals surface area contributed by atoms with Gasteiger partial charge in [0.1, 0.15) is 11.4 Å². The average Bonchev–Trinajstić information content (AvgIpc) is 2.88. The lowest BCUT2D eigenvalue weighted by Gasteiger charge is -2.39. The fourth-order valence-corrected chi connectivity index (χ4v) is 5.55. The molecule has 1 aromatic carbocycles. The Labute approximate surface area is 223 Å². The Morgan fingerprint density at radius 1 is 1.05 bits per heavy atom. The van der Waals surface area contributed by atoms with Gasteiger partial charge in [-0.05, 0) is 71.2 Å². The van der Waals surface area contributed by atoms with Crippen LogP contribution in [0.3, 0.4) is 0 Å². The number of benzene rings is 1. The number of anilines is 4. The van der Waals surface area contributed by atoms with E-state index in [1.165, 1.54) is 20.3 Å². The predicted molar refractivity (Wildman–Crippen MR) is 148 cm³/mol. The number of carbonyl (C=O) groups excluding carboxylic acids is 1. The van der Waals surface area contributed by atoms with Crippen LogP contribution < -0.4 is 20.5 Å². The number of amides is 1. The number of piperazine rings is 1. The number of aliphatic hydroxyl groups excluding tert-OH is 1. The van der Waals surface area contributed by atoms with E-state index < -0.39 is 11.8 Å². The Balaban J connectivity index is 1.34. The van der Waals surface area contributed by atoms with E-state index in [0.717, 1.165) is 24.2 Å². The molecule has 11 heteroatoms. The highest BCUT2D eigenvalue weighted by Crippen LogP contribution is 2.33. The van der Waals surface area contributed by atoms with Gasteiger partial charge in [0.2, 0.25) is 5.95 Å². The lowest BCUT2D eigenvalue weighted by atomic mass is 9.98. The molecule has 38 heavy (non-hydrogen) atoms. The van der Waals surface area contributed by atoms with Crippen LogP contribution in [0.25, 0.3) is 0 Å². The molecule has 3 atom stereocenters. The molecule has 2 aromatic rings. The summed E-state index contributed by atoms with van der Waals surface area (Å²) in [5.41, 5.74) is 4.41. The second kappa shape index (κ2) is 10.4. The standard InChI is InChI=1S/C27H38N8O3/c1-17-6-5-7-18(2)35(17)26-30-21-16-28-32-24(36)22(21)23(31-26)29-19-8-10-20(11-9-19)33-12-14-34(15-13-33)25(37)27(3,4)38/h8-11,16-18,24,32,36,38H,5-7,12-15H2,1-4H3,(H,29,30,31). The number of hydrogen-bond donors (Lipinski definition) is 4. The zero-order valence-electron chi connectivity index (χ0n) is 22.6. The SMILES string of the molecule is CC1CCCC(C)N1c1nc2c(c(Nc3ccc(N4CCN(C(=O)C(C)(C)O)CC4)cc3)n1)C(O)NN=C2. The van der Waals surface area contributed by atoms with Crippen LogP contribution >= 0.6 is 0 Å². The predicted octanol–water partition coefficient (Wildman–Crippen LogP) is 2.33. The quantitative estimate of drug-likeness (QED) is 0.468. The topological polar surface area (TPSA) is 129 Å². The van der Waals surface area contributed by atoms with Crippen molar-refractivity contribution in [2.24, 2.45) is 5.10 Å². The van der Waals surface area contributed by atoms with E-state index in [2.05, 4.69) is 39.5 Å². The number of aliphatic hydroxyl groups is 2. The van der Waals surface area contributed by atoms with E-state index in [-0.39, 0.29) is 5.91 Å². The summed E-state index contributed by atoms with van der Waals surface area (Å²) in [6.45, 7) is 9.99. The molecule has 0 saturated carbocycles. The second-order valence-electron chi connectivity index (χ2n) is 11.0. The van der Waals surface area contributed by atoms with Crippen molar-refractivity contribution in [1.82, 2.24) is 20.3 Å². The van der Waals surface area contributed by atoms with Gasteiger partial charge in [0.25, 0.3) is 5.91 Å². The maximum Gasteiger partial charge on any atom is 0.254 e. The fourth-order valence-electron chi connectivity index (χ4n) is 5.55. The molecule has 2 fully saturated rings. The number of hydrazone groups is 1. The van der Waals surface area contributed by atoms with E-state index in [0.29, 0.717) is 61.3 Å². The summed E-state index contributed by atoms with van der Waals surface area (Å²) < 4.78 is 0. The first-order valence-corrected chi connectivity index (χ1v) is 13.4. The second-order valence-corrected chi connectivity index (χ2v) is 11.0. The minimum absolute atomic E-state index is 0.237. The Morgan fingerprint density at radius 3 is 2.34 bits per heavy atom. The molecule has 4 heterocycles. The highest BCUT2D eigenvalue weighted by Gasteiger charge is 2.32. The average molecular weight is 523 g/mol. The van der Waals surface area contributed by atoms with Gasteiger partial charge < -0.3 is 30.2 Å². The Morgan fingerprint density at radius 2 is 1.71 bits per heavy atom. The van der Waals surface area contributed by atoms with Gasteiger partial charge in [-0.2, -0.15) is 10.1 Å². The number of fused-ring (bicyclic) bond motifs is 1. The minimum Gasteiger partial charge on any atom is -0.381 e. The van der Waals surface area contributed by atoms with E-state index in [9.17, 15) is 15.0 Å². The van der Waals surface area contributed by atoms with Crippen LogP contribution in [-0.4, -0.2) is 81.1 Å². The maximum absolute atomic E-state index is 12.4. The van der Waals surface area contributed by atoms with Crippen LogP contribution in [0.1, 0.15) is 64.4 Å². The van der Waals surface area contributed by atoms with Crippen LogP contribution in [0.4, 0.5) is 23.1 Å². The maximum atomic E-state index is 12.4. The number of hydrogen-bond acceptors (Lipinski definition) is 10. The highest BCUT2D eigenvalue weighted by molar-refractivity contribution is 5.85. The first kappa shape index (κ1) is 26.2. The number of nitrogens with zero attached hydrogens (tertiary/aromatic N) is 6. The lowest BCUT2D eigenvalue weighted by Crippen LogP contribution is -2.54. The number of nitrogens with one attached hydrogen (secondary N) is 2. The number of rotatable bonds is 5. The molecule has 11 nitrogen and oxygen atoms in total. The summed E-state index contributed by atoms with van der Waals surface area (Å²) in [7, 11) is 0. The third-order valence-corrected chi connectivity index (χ3v) is 7.63. The van der Waals surface area contributed by atoms with Gasteiger partial charge in [-0.3, -0.25) is 10.2 Å². The van der Waals surface area contributed by atoms with Crippen molar-refractivity contribution in [2.45, 2.75) is 70.9 Å². The Kier molecular flexibility index (Phi) is 7.15. The molecule has 3 aliphatic rings. The number of piperidine rings is 1. The minimum atomic E-state index is -1.35. The van der Waals surface area contributed by atoms with Gasteiger partial charge in [-0.1, -0.05) is 0 Å². The molecule has 0 bridgehead atoms. The summed E-state index contributed by atoms with van der Waals surface area (Å²) >= 11 is 0. The fraction of sp³-hybridized carbons (Fsp3) is 0.556. The van der Waals surface area contributed by atoms with Crippen molar-refractivity contribution in [1.29, 1.82) is 0 Å². The summed E-state index contributed by atoms with van der Waals surface area (Å²) in [5, 5.41) is 28.1. The van der Waals surface area contributed by atoms with Gasteiger partial charge in [0, 0.05) is 49.6 Å². The van der Waals surface area contributed by atoms with Crippen LogP contribution in [-0.2, 0) is 4.79 Å². The van der Waals surface area contributed by atoms with E-state index in [1.54, 1.807) is 11.1 Å². The summed E-state index contributed by atoms with van der Waals surface area (Å²) in [6, 6.07) is 8.70. The van der Waals surface area contributed by atoms with Crippen LogP contribution in [0.5, 0.6) is 0 Å². The molecular formula is C27H38N8O3. The molecule has 204 valence electrons. The molecule has 0 aliphatic carbocycles. The first-order chi connectivity index (χ1) is 18.1. The van der Waals surface area contributed by atoms with Crippen LogP contribution in [0, 0.1) is 0 Å². The van der Waals surface area contributed by atoms with Gasteiger partial charge in [-0.25, -0.2) is 4.98 Å². The zero-order valence-corrected chi connectivity index (χ0v) is 22.6. The largest absolute Gasteiger partial charge is 0.381 e. The van der Waals surface area contributed by atoms with Gasteiger partial charge in [0.15, 0.2) is 6.23 Å². The van der Waals surface area contributed by atoms with Crippen LogP contribution in [0.15, 0.2) is 29.4 Å². The van der Waals surface area contributed by atoms with Crippen molar-refractivity contribution in [2.75, 3.05) is 41.3 Å². The number of carbonyl (C=O) groups is 1. The van der Waals surface area contributed by atoms with Crippen molar-refractivity contribution < 1.29 is 15.0 Å². The molecule has 5 rings (SSSR count). The van der Waals surface area contributed by atoms with Crippen molar-refractivity contribution in [3.63, 3.8) is 0 Å². The number of aromatic nitrogens is 2. The van der Waals surface area contributed by atoms with E-state index >= 15 is 0 Å². The lowest BCUT2D eigenvalue weighted by molar-refractivity contribution is -0.148. The zero-order chi connectivity index (χ0) is 27.0. The summed E-state index contributed by atoms with van der Waals surface area (Å²) in [5.74, 6) is 0.952. The molecule has 1 aromatic heterocycles. The first-order valence-electron chi connectivity index (χ1n) is 13.4. The van der Waals surface area contributed by atoms with Gasteiger partial charge >= 0.3 is 0 Å².